The first-order valence-corrected chi connectivity index (χ1v) is 4.26. The number of halogens is 4. The summed E-state index contributed by atoms with van der Waals surface area (Å²) >= 11 is 0. The molecule has 1 aromatic rings. The predicted octanol–water partition coefficient (Wildman–Crippen LogP) is 3.31. The first kappa shape index (κ1) is 11.8. The minimum atomic E-state index is -3.08. The highest BCUT2D eigenvalue weighted by Gasteiger charge is 2.23. The molecule has 15 heavy (non-hydrogen) atoms. The SMILES string of the molecule is Cc1ccc(OCC(C)(F)F)c(F)c1F. The molecule has 0 aliphatic carbocycles. The third kappa shape index (κ3) is 3.11. The summed E-state index contributed by atoms with van der Waals surface area (Å²) in [6, 6.07) is 2.39. The van der Waals surface area contributed by atoms with Crippen molar-refractivity contribution in [3.8, 4) is 5.75 Å². The molecule has 5 heteroatoms. The molecule has 84 valence electrons. The van der Waals surface area contributed by atoms with Crippen molar-refractivity contribution in [2.45, 2.75) is 19.8 Å². The summed E-state index contributed by atoms with van der Waals surface area (Å²) in [4.78, 5) is 0. The van der Waals surface area contributed by atoms with E-state index >= 15 is 0 Å². The zero-order valence-corrected chi connectivity index (χ0v) is 8.28. The molecule has 0 aliphatic rings. The van der Waals surface area contributed by atoms with Gasteiger partial charge in [0.15, 0.2) is 18.2 Å². The van der Waals surface area contributed by atoms with Gasteiger partial charge < -0.3 is 4.74 Å². The lowest BCUT2D eigenvalue weighted by Crippen LogP contribution is -2.21. The second-order valence-electron chi connectivity index (χ2n) is 3.37. The molecule has 0 aromatic heterocycles. The van der Waals surface area contributed by atoms with E-state index < -0.39 is 29.9 Å². The first-order chi connectivity index (χ1) is 6.81. The molecular formula is C10H10F4O. The predicted molar refractivity (Wildman–Crippen MR) is 47.2 cm³/mol. The van der Waals surface area contributed by atoms with Crippen LogP contribution in [0.4, 0.5) is 17.6 Å². The fraction of sp³-hybridized carbons (Fsp3) is 0.400. The molecule has 0 amide bonds. The minimum Gasteiger partial charge on any atom is -0.484 e. The maximum Gasteiger partial charge on any atom is 0.278 e. The molecule has 0 unspecified atom stereocenters. The van der Waals surface area contributed by atoms with Crippen molar-refractivity contribution in [1.29, 1.82) is 0 Å². The third-order valence-electron chi connectivity index (χ3n) is 1.72. The molecule has 0 radical (unpaired) electrons. The monoisotopic (exact) mass is 222 g/mol. The number of aryl methyl sites for hydroxylation is 1. The second-order valence-corrected chi connectivity index (χ2v) is 3.37. The maximum absolute atomic E-state index is 13.1. The molecule has 0 atom stereocenters. The van der Waals surface area contributed by atoms with Gasteiger partial charge in [0.1, 0.15) is 0 Å². The quantitative estimate of drug-likeness (QED) is 0.713. The molecule has 0 aliphatic heterocycles. The van der Waals surface area contributed by atoms with E-state index in [9.17, 15) is 17.6 Å². The lowest BCUT2D eigenvalue weighted by molar-refractivity contribution is -0.0240. The summed E-state index contributed by atoms with van der Waals surface area (Å²) in [5.41, 5.74) is 0.100. The Morgan fingerprint density at radius 2 is 1.80 bits per heavy atom. The van der Waals surface area contributed by atoms with Gasteiger partial charge in [0.25, 0.3) is 5.92 Å². The van der Waals surface area contributed by atoms with Crippen LogP contribution in [-0.4, -0.2) is 12.5 Å². The van der Waals surface area contributed by atoms with Crippen molar-refractivity contribution < 1.29 is 22.3 Å². The van der Waals surface area contributed by atoms with Gasteiger partial charge in [-0.25, -0.2) is 13.2 Å². The van der Waals surface area contributed by atoms with E-state index in [0.717, 1.165) is 6.07 Å². The van der Waals surface area contributed by atoms with Crippen molar-refractivity contribution in [1.82, 2.24) is 0 Å². The summed E-state index contributed by atoms with van der Waals surface area (Å²) in [5, 5.41) is 0. The highest BCUT2D eigenvalue weighted by Crippen LogP contribution is 2.23. The molecule has 0 fully saturated rings. The fourth-order valence-corrected chi connectivity index (χ4v) is 0.944. The molecule has 0 saturated carbocycles. The van der Waals surface area contributed by atoms with E-state index in [1.807, 2.05) is 0 Å². The normalized spacial score (nSPS) is 11.6. The number of ether oxygens (including phenoxy) is 1. The van der Waals surface area contributed by atoms with Crippen molar-refractivity contribution in [2.24, 2.45) is 0 Å². The molecule has 1 nitrogen and oxygen atoms in total. The Morgan fingerprint density at radius 3 is 2.33 bits per heavy atom. The van der Waals surface area contributed by atoms with Gasteiger partial charge in [0.05, 0.1) is 0 Å². The van der Waals surface area contributed by atoms with Gasteiger partial charge in [0.2, 0.25) is 5.82 Å². The van der Waals surface area contributed by atoms with E-state index in [2.05, 4.69) is 4.74 Å². The van der Waals surface area contributed by atoms with E-state index in [4.69, 9.17) is 0 Å². The molecular weight excluding hydrogens is 212 g/mol. The lowest BCUT2D eigenvalue weighted by atomic mass is 10.2. The molecule has 1 aromatic carbocycles. The van der Waals surface area contributed by atoms with Crippen LogP contribution in [0.1, 0.15) is 12.5 Å². The summed E-state index contributed by atoms with van der Waals surface area (Å²) in [6.45, 7) is 1.03. The van der Waals surface area contributed by atoms with Gasteiger partial charge in [-0.15, -0.1) is 0 Å². The Labute approximate surface area is 84.7 Å². The van der Waals surface area contributed by atoms with Crippen molar-refractivity contribution in [3.05, 3.63) is 29.3 Å². The smallest absolute Gasteiger partial charge is 0.278 e. The van der Waals surface area contributed by atoms with Crippen LogP contribution in [0.2, 0.25) is 0 Å². The van der Waals surface area contributed by atoms with Crippen molar-refractivity contribution >= 4 is 0 Å². The number of alkyl halides is 2. The van der Waals surface area contributed by atoms with Gasteiger partial charge in [-0.05, 0) is 18.6 Å². The number of hydrogen-bond donors (Lipinski definition) is 0. The van der Waals surface area contributed by atoms with Crippen LogP contribution in [0.5, 0.6) is 5.75 Å². The highest BCUT2D eigenvalue weighted by molar-refractivity contribution is 5.30. The zero-order valence-electron chi connectivity index (χ0n) is 8.28. The van der Waals surface area contributed by atoms with Gasteiger partial charge in [-0.1, -0.05) is 6.07 Å². The van der Waals surface area contributed by atoms with Crippen LogP contribution < -0.4 is 4.74 Å². The molecule has 0 spiro atoms. The van der Waals surface area contributed by atoms with E-state index in [-0.39, 0.29) is 5.56 Å². The van der Waals surface area contributed by atoms with Crippen LogP contribution in [-0.2, 0) is 0 Å². The summed E-state index contributed by atoms with van der Waals surface area (Å²) in [5.74, 6) is -5.89. The number of benzene rings is 1. The number of rotatable bonds is 3. The van der Waals surface area contributed by atoms with Crippen LogP contribution in [0.25, 0.3) is 0 Å². The Bertz CT molecular complexity index is 357. The van der Waals surface area contributed by atoms with E-state index in [1.54, 1.807) is 0 Å². The summed E-state index contributed by atoms with van der Waals surface area (Å²) in [6.07, 6.45) is 0. The standard InChI is InChI=1S/C10H10F4O/c1-6-3-4-7(9(12)8(6)11)15-5-10(2,13)14/h3-4H,5H2,1-2H3. The number of hydrogen-bond acceptors (Lipinski definition) is 1. The van der Waals surface area contributed by atoms with Gasteiger partial charge in [0, 0.05) is 6.92 Å². The van der Waals surface area contributed by atoms with Crippen molar-refractivity contribution in [2.75, 3.05) is 6.61 Å². The topological polar surface area (TPSA) is 9.23 Å². The van der Waals surface area contributed by atoms with Crippen LogP contribution in [0.15, 0.2) is 12.1 Å². The minimum absolute atomic E-state index is 0.100. The van der Waals surface area contributed by atoms with Crippen LogP contribution >= 0.6 is 0 Å². The average molecular weight is 222 g/mol. The van der Waals surface area contributed by atoms with Gasteiger partial charge in [-0.3, -0.25) is 0 Å². The van der Waals surface area contributed by atoms with Gasteiger partial charge >= 0.3 is 0 Å². The highest BCUT2D eigenvalue weighted by atomic mass is 19.3. The van der Waals surface area contributed by atoms with E-state index in [0.29, 0.717) is 6.92 Å². The summed E-state index contributed by atoms with van der Waals surface area (Å²) < 4.78 is 55.3. The second kappa shape index (κ2) is 4.08. The van der Waals surface area contributed by atoms with Gasteiger partial charge in [-0.2, -0.15) is 4.39 Å². The fourth-order valence-electron chi connectivity index (χ4n) is 0.944. The first-order valence-electron chi connectivity index (χ1n) is 4.26. The average Bonchev–Trinajstić information content (AvgIpc) is 2.12. The van der Waals surface area contributed by atoms with Crippen LogP contribution in [0, 0.1) is 18.6 Å². The molecule has 0 N–H and O–H groups in total. The summed E-state index contributed by atoms with van der Waals surface area (Å²) in [7, 11) is 0. The lowest BCUT2D eigenvalue weighted by Gasteiger charge is -2.13. The van der Waals surface area contributed by atoms with Crippen LogP contribution in [0.3, 0.4) is 0 Å². The Morgan fingerprint density at radius 1 is 1.20 bits per heavy atom. The Kier molecular flexibility index (Phi) is 3.21. The molecule has 0 saturated heterocycles. The third-order valence-corrected chi connectivity index (χ3v) is 1.72. The van der Waals surface area contributed by atoms with E-state index in [1.165, 1.54) is 13.0 Å². The molecule has 0 heterocycles. The van der Waals surface area contributed by atoms with Crippen molar-refractivity contribution in [3.63, 3.8) is 0 Å². The maximum atomic E-state index is 13.1. The largest absolute Gasteiger partial charge is 0.484 e. The zero-order chi connectivity index (χ0) is 11.6. The Hall–Kier alpha value is -1.26. The Balaban J connectivity index is 2.83. The molecule has 1 rings (SSSR count). The molecule has 0 bridgehead atoms.